The third-order valence-electron chi connectivity index (χ3n) is 8.88. The largest absolute Gasteiger partial charge is 0.372 e. The number of pyridine rings is 1. The number of fused-ring (bicyclic) bond motifs is 2. The van der Waals surface area contributed by atoms with Gasteiger partial charge in [0.25, 0.3) is 0 Å². The first kappa shape index (κ1) is 28.5. The average molecular weight is 576 g/mol. The number of carbonyl (C=O) groups is 1. The third kappa shape index (κ3) is 5.49. The van der Waals surface area contributed by atoms with Gasteiger partial charge in [0.1, 0.15) is 11.9 Å². The number of rotatable bonds is 5. The lowest BCUT2D eigenvalue weighted by Crippen LogP contribution is -2.54. The molecule has 6 rings (SSSR count). The Kier molecular flexibility index (Phi) is 7.92. The molecule has 2 saturated heterocycles. The van der Waals surface area contributed by atoms with Crippen LogP contribution >= 0.6 is 0 Å². The first-order valence-corrected chi connectivity index (χ1v) is 15.0. The molecule has 0 saturated carbocycles. The normalized spacial score (nSPS) is 22.1. The van der Waals surface area contributed by atoms with Gasteiger partial charge in [-0.15, -0.1) is 0 Å². The molecule has 3 aliphatic heterocycles. The minimum atomic E-state index is -0.198. The molecule has 4 heterocycles. The van der Waals surface area contributed by atoms with Crippen LogP contribution < -0.4 is 14.7 Å². The molecule has 3 unspecified atom stereocenters. The summed E-state index contributed by atoms with van der Waals surface area (Å²) in [5.74, 6) is 0.619. The molecule has 0 bridgehead atoms. The number of hydrogen-bond donors (Lipinski definition) is 0. The summed E-state index contributed by atoms with van der Waals surface area (Å²) in [4.78, 5) is 25.9. The van der Waals surface area contributed by atoms with E-state index in [0.29, 0.717) is 44.8 Å². The minimum absolute atomic E-state index is 0.0724. The second kappa shape index (κ2) is 11.9. The number of benzene rings is 2. The van der Waals surface area contributed by atoms with Crippen molar-refractivity contribution in [1.29, 1.82) is 10.5 Å². The van der Waals surface area contributed by atoms with Crippen molar-refractivity contribution < 1.29 is 9.53 Å². The van der Waals surface area contributed by atoms with Crippen LogP contribution in [0.15, 0.2) is 55.3 Å². The molecule has 2 aromatic carbocycles. The van der Waals surface area contributed by atoms with Gasteiger partial charge in [0, 0.05) is 68.8 Å². The van der Waals surface area contributed by atoms with E-state index in [1.807, 2.05) is 6.20 Å². The van der Waals surface area contributed by atoms with E-state index in [1.54, 1.807) is 4.90 Å². The van der Waals surface area contributed by atoms with E-state index < -0.39 is 0 Å². The second-order valence-electron chi connectivity index (χ2n) is 11.8. The van der Waals surface area contributed by atoms with Crippen molar-refractivity contribution in [3.63, 3.8) is 0 Å². The van der Waals surface area contributed by atoms with Crippen molar-refractivity contribution in [3.8, 4) is 12.1 Å². The number of nitriles is 2. The Bertz CT molecular complexity index is 1630. The summed E-state index contributed by atoms with van der Waals surface area (Å²) in [5, 5.41) is 22.2. The van der Waals surface area contributed by atoms with Gasteiger partial charge in [-0.05, 0) is 55.0 Å². The number of nitrogens with zero attached hydrogens (tertiary/aromatic N) is 7. The highest BCUT2D eigenvalue weighted by atomic mass is 16.5. The zero-order valence-corrected chi connectivity index (χ0v) is 24.9. The van der Waals surface area contributed by atoms with Gasteiger partial charge in [0.15, 0.2) is 0 Å². The zero-order valence-electron chi connectivity index (χ0n) is 24.9. The van der Waals surface area contributed by atoms with Gasteiger partial charge in [-0.25, -0.2) is 4.98 Å². The lowest BCUT2D eigenvalue weighted by atomic mass is 9.95. The lowest BCUT2D eigenvalue weighted by Gasteiger charge is -2.42. The predicted octanol–water partition coefficient (Wildman–Crippen LogP) is 4.40. The summed E-state index contributed by atoms with van der Waals surface area (Å²) < 4.78 is 5.94. The van der Waals surface area contributed by atoms with Gasteiger partial charge in [0.05, 0.1) is 36.3 Å². The van der Waals surface area contributed by atoms with E-state index in [-0.39, 0.29) is 30.6 Å². The molecule has 9 nitrogen and oxygen atoms in total. The number of anilines is 3. The first-order valence-electron chi connectivity index (χ1n) is 15.0. The standard InChI is InChI=1S/C34H37N7O2/c1-4-33(42)41-14-13-38(21-27(41)9-11-35)28-15-25-7-5-6-8-29(25)32(16-28)39-12-10-26-18-37-34(30(17-36)31(26)22-39)40-19-23(2)43-24(3)20-40/h4-8,15-16,18,23-24,27H,1,9-10,12-14,19-22H2,2-3H3. The van der Waals surface area contributed by atoms with E-state index in [1.165, 1.54) is 6.08 Å². The van der Waals surface area contributed by atoms with Crippen LogP contribution in [0.5, 0.6) is 0 Å². The van der Waals surface area contributed by atoms with Crippen LogP contribution in [0.4, 0.5) is 17.2 Å². The number of amides is 1. The maximum absolute atomic E-state index is 12.5. The Labute approximate surface area is 253 Å². The lowest BCUT2D eigenvalue weighted by molar-refractivity contribution is -0.128. The highest BCUT2D eigenvalue weighted by Gasteiger charge is 2.32. The van der Waals surface area contributed by atoms with Crippen molar-refractivity contribution in [2.75, 3.05) is 54.0 Å². The Morgan fingerprint density at radius 2 is 1.86 bits per heavy atom. The number of ether oxygens (including phenoxy) is 1. The quantitative estimate of drug-likeness (QED) is 0.413. The smallest absolute Gasteiger partial charge is 0.246 e. The molecule has 220 valence electrons. The highest BCUT2D eigenvalue weighted by molar-refractivity contribution is 5.97. The SMILES string of the molecule is C=CC(=O)N1CCN(c2cc(N3CCc4cnc(N5CC(C)OC(C)C5)c(C#N)c4C3)c3ccccc3c2)CC1CC#N. The van der Waals surface area contributed by atoms with Crippen molar-refractivity contribution in [3.05, 3.63) is 71.9 Å². The van der Waals surface area contributed by atoms with Gasteiger partial charge in [0.2, 0.25) is 5.91 Å². The van der Waals surface area contributed by atoms with Gasteiger partial charge >= 0.3 is 0 Å². The Balaban J connectivity index is 1.35. The fraction of sp³-hybridized carbons (Fsp3) is 0.412. The molecule has 9 heteroatoms. The van der Waals surface area contributed by atoms with Gasteiger partial charge in [-0.1, -0.05) is 30.8 Å². The Morgan fingerprint density at radius 1 is 1.07 bits per heavy atom. The predicted molar refractivity (Wildman–Crippen MR) is 168 cm³/mol. The number of aromatic nitrogens is 1. The molecule has 0 radical (unpaired) electrons. The Hall–Kier alpha value is -4.60. The van der Waals surface area contributed by atoms with Crippen LogP contribution in [0.1, 0.15) is 37.0 Å². The fourth-order valence-corrected chi connectivity index (χ4v) is 6.91. The summed E-state index contributed by atoms with van der Waals surface area (Å²) in [6.07, 6.45) is 4.51. The molecule has 0 spiro atoms. The number of morpholine rings is 1. The van der Waals surface area contributed by atoms with E-state index in [4.69, 9.17) is 9.72 Å². The van der Waals surface area contributed by atoms with E-state index in [9.17, 15) is 15.3 Å². The van der Waals surface area contributed by atoms with Crippen LogP contribution in [0.2, 0.25) is 0 Å². The molecule has 2 fully saturated rings. The van der Waals surface area contributed by atoms with Gasteiger partial charge < -0.3 is 24.3 Å². The number of carbonyl (C=O) groups excluding carboxylic acids is 1. The highest BCUT2D eigenvalue weighted by Crippen LogP contribution is 2.38. The molecule has 1 aromatic heterocycles. The topological polar surface area (TPSA) is 99.7 Å². The molecule has 43 heavy (non-hydrogen) atoms. The summed E-state index contributed by atoms with van der Waals surface area (Å²) in [7, 11) is 0. The maximum atomic E-state index is 12.5. The first-order chi connectivity index (χ1) is 20.9. The van der Waals surface area contributed by atoms with Crippen LogP contribution in [0.3, 0.4) is 0 Å². The molecular weight excluding hydrogens is 538 g/mol. The van der Waals surface area contributed by atoms with Crippen LogP contribution in [-0.4, -0.2) is 73.3 Å². The number of hydrogen-bond acceptors (Lipinski definition) is 8. The Morgan fingerprint density at radius 3 is 2.60 bits per heavy atom. The van der Waals surface area contributed by atoms with E-state index >= 15 is 0 Å². The monoisotopic (exact) mass is 575 g/mol. The molecule has 1 amide bonds. The van der Waals surface area contributed by atoms with Crippen molar-refractivity contribution in [2.24, 2.45) is 0 Å². The van der Waals surface area contributed by atoms with Crippen LogP contribution in [-0.2, 0) is 22.5 Å². The fourth-order valence-electron chi connectivity index (χ4n) is 6.91. The average Bonchev–Trinajstić information content (AvgIpc) is 3.02. The molecular formula is C34H37N7O2. The van der Waals surface area contributed by atoms with Gasteiger partial charge in [-0.3, -0.25) is 4.79 Å². The molecule has 3 atom stereocenters. The van der Waals surface area contributed by atoms with E-state index in [2.05, 4.69) is 83.7 Å². The van der Waals surface area contributed by atoms with Crippen molar-refractivity contribution >= 4 is 33.9 Å². The molecule has 0 N–H and O–H groups in total. The third-order valence-corrected chi connectivity index (χ3v) is 8.88. The second-order valence-corrected chi connectivity index (χ2v) is 11.8. The molecule has 3 aromatic rings. The summed E-state index contributed by atoms with van der Waals surface area (Å²) >= 11 is 0. The molecule has 3 aliphatic rings. The zero-order chi connectivity index (χ0) is 30.1. The van der Waals surface area contributed by atoms with Crippen molar-refractivity contribution in [1.82, 2.24) is 9.88 Å². The minimum Gasteiger partial charge on any atom is -0.372 e. The van der Waals surface area contributed by atoms with E-state index in [0.717, 1.165) is 52.1 Å². The number of piperazine rings is 1. The molecule has 0 aliphatic carbocycles. The van der Waals surface area contributed by atoms with Crippen molar-refractivity contribution in [2.45, 2.75) is 51.5 Å². The van der Waals surface area contributed by atoms with Crippen LogP contribution in [0.25, 0.3) is 10.8 Å². The van der Waals surface area contributed by atoms with Crippen LogP contribution in [0, 0.1) is 22.7 Å². The summed E-state index contributed by atoms with van der Waals surface area (Å²) in [6, 6.07) is 17.4. The summed E-state index contributed by atoms with van der Waals surface area (Å²) in [6.45, 7) is 12.4. The maximum Gasteiger partial charge on any atom is 0.246 e. The van der Waals surface area contributed by atoms with Gasteiger partial charge in [-0.2, -0.15) is 10.5 Å². The summed E-state index contributed by atoms with van der Waals surface area (Å²) in [5.41, 5.74) is 5.03.